The molecule has 0 unspecified atom stereocenters. The number of carboxylic acid groups (broad SMARTS) is 1. The van der Waals surface area contributed by atoms with Gasteiger partial charge in [0, 0.05) is 12.6 Å². The fraction of sp³-hybridized carbons (Fsp3) is 0.467. The lowest BCUT2D eigenvalue weighted by atomic mass is 10.0. The molecule has 1 aliphatic rings. The molecule has 1 aromatic rings. The molecule has 0 spiro atoms. The molecule has 0 atom stereocenters. The van der Waals surface area contributed by atoms with Crippen molar-refractivity contribution in [1.82, 2.24) is 10.6 Å². The van der Waals surface area contributed by atoms with Crippen LogP contribution in [0.2, 0.25) is 0 Å². The first kappa shape index (κ1) is 15.7. The lowest BCUT2D eigenvalue weighted by Crippen LogP contribution is -2.44. The van der Waals surface area contributed by atoms with Crippen molar-refractivity contribution in [1.29, 1.82) is 0 Å². The van der Waals surface area contributed by atoms with Crippen LogP contribution in [-0.4, -0.2) is 41.2 Å². The van der Waals surface area contributed by atoms with E-state index < -0.39 is 5.97 Å². The van der Waals surface area contributed by atoms with E-state index >= 15 is 0 Å². The smallest absolute Gasteiger partial charge is 0.335 e. The molecule has 1 fully saturated rings. The van der Waals surface area contributed by atoms with Crippen LogP contribution in [0.15, 0.2) is 24.3 Å². The molecule has 0 aliphatic carbocycles. The van der Waals surface area contributed by atoms with E-state index in [0.29, 0.717) is 18.5 Å². The zero-order chi connectivity index (χ0) is 15.1. The van der Waals surface area contributed by atoms with Gasteiger partial charge in [-0.05, 0) is 42.4 Å². The SMILES string of the molecule is O=C(NCCc1ccccc1C(=O)O)NC1CCSCC1. The normalized spacial score (nSPS) is 15.4. The van der Waals surface area contributed by atoms with Gasteiger partial charge in [0.25, 0.3) is 0 Å². The molecule has 1 aliphatic heterocycles. The Morgan fingerprint density at radius 3 is 2.67 bits per heavy atom. The predicted octanol–water partition coefficient (Wildman–Crippen LogP) is 2.12. The Hall–Kier alpha value is -1.69. The number of hydrogen-bond acceptors (Lipinski definition) is 3. The average molecular weight is 308 g/mol. The zero-order valence-corrected chi connectivity index (χ0v) is 12.6. The van der Waals surface area contributed by atoms with E-state index in [1.54, 1.807) is 18.2 Å². The third-order valence-electron chi connectivity index (χ3n) is 3.48. The second-order valence-electron chi connectivity index (χ2n) is 5.00. The quantitative estimate of drug-likeness (QED) is 0.778. The molecule has 21 heavy (non-hydrogen) atoms. The van der Waals surface area contributed by atoms with Gasteiger partial charge in [-0.2, -0.15) is 11.8 Å². The third kappa shape index (κ3) is 4.97. The molecule has 0 aromatic heterocycles. The lowest BCUT2D eigenvalue weighted by molar-refractivity contribution is 0.0695. The van der Waals surface area contributed by atoms with Gasteiger partial charge in [-0.15, -0.1) is 0 Å². The van der Waals surface area contributed by atoms with Gasteiger partial charge < -0.3 is 15.7 Å². The van der Waals surface area contributed by atoms with Crippen LogP contribution < -0.4 is 10.6 Å². The van der Waals surface area contributed by atoms with Crippen molar-refractivity contribution in [2.45, 2.75) is 25.3 Å². The van der Waals surface area contributed by atoms with Gasteiger partial charge >= 0.3 is 12.0 Å². The number of nitrogens with one attached hydrogen (secondary N) is 2. The van der Waals surface area contributed by atoms with E-state index in [-0.39, 0.29) is 12.1 Å². The molecule has 2 amide bonds. The first-order chi connectivity index (χ1) is 10.2. The van der Waals surface area contributed by atoms with E-state index in [9.17, 15) is 9.59 Å². The molecule has 0 saturated carbocycles. The van der Waals surface area contributed by atoms with Crippen LogP contribution in [-0.2, 0) is 6.42 Å². The van der Waals surface area contributed by atoms with E-state index in [1.165, 1.54) is 0 Å². The van der Waals surface area contributed by atoms with Crippen molar-refractivity contribution >= 4 is 23.8 Å². The van der Waals surface area contributed by atoms with E-state index in [0.717, 1.165) is 29.9 Å². The van der Waals surface area contributed by atoms with Crippen LogP contribution in [0.3, 0.4) is 0 Å². The number of thioether (sulfide) groups is 1. The van der Waals surface area contributed by atoms with Crippen molar-refractivity contribution in [2.75, 3.05) is 18.1 Å². The largest absolute Gasteiger partial charge is 0.478 e. The monoisotopic (exact) mass is 308 g/mol. The highest BCUT2D eigenvalue weighted by molar-refractivity contribution is 7.99. The minimum Gasteiger partial charge on any atom is -0.478 e. The van der Waals surface area contributed by atoms with Crippen molar-refractivity contribution in [3.05, 3.63) is 35.4 Å². The average Bonchev–Trinajstić information content (AvgIpc) is 2.48. The Kier molecular flexibility index (Phi) is 5.92. The third-order valence-corrected chi connectivity index (χ3v) is 4.53. The number of benzene rings is 1. The van der Waals surface area contributed by atoms with Gasteiger partial charge in [-0.25, -0.2) is 9.59 Å². The second-order valence-corrected chi connectivity index (χ2v) is 6.22. The molecule has 1 heterocycles. The highest BCUT2D eigenvalue weighted by atomic mass is 32.2. The van der Waals surface area contributed by atoms with Crippen LogP contribution in [0, 0.1) is 0 Å². The van der Waals surface area contributed by atoms with Crippen LogP contribution in [0.4, 0.5) is 4.79 Å². The summed E-state index contributed by atoms with van der Waals surface area (Å²) in [6, 6.07) is 6.96. The molecular weight excluding hydrogens is 288 g/mol. The molecule has 114 valence electrons. The summed E-state index contributed by atoms with van der Waals surface area (Å²) in [5.41, 5.74) is 1.03. The van der Waals surface area contributed by atoms with Gasteiger partial charge in [0.05, 0.1) is 5.56 Å². The molecule has 5 nitrogen and oxygen atoms in total. The summed E-state index contributed by atoms with van der Waals surface area (Å²) in [6.07, 6.45) is 2.54. The summed E-state index contributed by atoms with van der Waals surface area (Å²) in [6.45, 7) is 0.428. The van der Waals surface area contributed by atoms with Crippen LogP contribution in [0.1, 0.15) is 28.8 Å². The maximum atomic E-state index is 11.8. The predicted molar refractivity (Wildman–Crippen MR) is 84.0 cm³/mol. The topological polar surface area (TPSA) is 78.4 Å². The number of hydrogen-bond donors (Lipinski definition) is 3. The van der Waals surface area contributed by atoms with Gasteiger partial charge in [0.2, 0.25) is 0 Å². The highest BCUT2D eigenvalue weighted by Gasteiger charge is 2.15. The Morgan fingerprint density at radius 2 is 1.95 bits per heavy atom. The summed E-state index contributed by atoms with van der Waals surface area (Å²) in [7, 11) is 0. The molecule has 0 radical (unpaired) electrons. The minimum atomic E-state index is -0.935. The maximum absolute atomic E-state index is 11.8. The molecule has 6 heteroatoms. The van der Waals surface area contributed by atoms with E-state index in [4.69, 9.17) is 5.11 Å². The van der Waals surface area contributed by atoms with Gasteiger partial charge in [-0.3, -0.25) is 0 Å². The van der Waals surface area contributed by atoms with Crippen LogP contribution in [0.5, 0.6) is 0 Å². The summed E-state index contributed by atoms with van der Waals surface area (Å²) in [5.74, 6) is 1.25. The van der Waals surface area contributed by atoms with Crippen molar-refractivity contribution in [2.24, 2.45) is 0 Å². The number of aromatic carboxylic acids is 1. The fourth-order valence-corrected chi connectivity index (χ4v) is 3.44. The van der Waals surface area contributed by atoms with Crippen molar-refractivity contribution in [3.8, 4) is 0 Å². The summed E-state index contributed by atoms with van der Waals surface area (Å²) >= 11 is 1.92. The summed E-state index contributed by atoms with van der Waals surface area (Å²) < 4.78 is 0. The number of urea groups is 1. The van der Waals surface area contributed by atoms with Gasteiger partial charge in [0.1, 0.15) is 0 Å². The number of carbonyl (C=O) groups excluding carboxylic acids is 1. The number of carboxylic acids is 1. The maximum Gasteiger partial charge on any atom is 0.335 e. The molecule has 0 bridgehead atoms. The molecule has 3 N–H and O–H groups in total. The molecular formula is C15H20N2O3S. The minimum absolute atomic E-state index is 0.167. The standard InChI is InChI=1S/C15H20N2O3S/c18-14(19)13-4-2-1-3-11(13)5-8-16-15(20)17-12-6-9-21-10-7-12/h1-4,12H,5-10H2,(H,18,19)(H2,16,17,20). The molecule has 1 aromatic carbocycles. The summed E-state index contributed by atoms with van der Waals surface area (Å²) in [5, 5.41) is 14.8. The first-order valence-electron chi connectivity index (χ1n) is 7.10. The zero-order valence-electron chi connectivity index (χ0n) is 11.8. The van der Waals surface area contributed by atoms with Gasteiger partial charge in [0.15, 0.2) is 0 Å². The van der Waals surface area contributed by atoms with Gasteiger partial charge in [-0.1, -0.05) is 18.2 Å². The Bertz CT molecular complexity index is 501. The Labute approximate surface area is 128 Å². The molecule has 2 rings (SSSR count). The Morgan fingerprint density at radius 1 is 1.24 bits per heavy atom. The number of carbonyl (C=O) groups is 2. The van der Waals surface area contributed by atoms with Crippen molar-refractivity contribution in [3.63, 3.8) is 0 Å². The summed E-state index contributed by atoms with van der Waals surface area (Å²) in [4.78, 5) is 22.9. The van der Waals surface area contributed by atoms with Crippen molar-refractivity contribution < 1.29 is 14.7 Å². The number of amides is 2. The lowest BCUT2D eigenvalue weighted by Gasteiger charge is -2.22. The first-order valence-corrected chi connectivity index (χ1v) is 8.25. The number of rotatable bonds is 5. The Balaban J connectivity index is 1.76. The van der Waals surface area contributed by atoms with E-state index in [1.807, 2.05) is 17.8 Å². The second kappa shape index (κ2) is 7.93. The van der Waals surface area contributed by atoms with E-state index in [2.05, 4.69) is 10.6 Å². The fourth-order valence-electron chi connectivity index (χ4n) is 2.34. The molecule has 1 saturated heterocycles. The highest BCUT2D eigenvalue weighted by Crippen LogP contribution is 2.16. The van der Waals surface area contributed by atoms with Crippen LogP contribution in [0.25, 0.3) is 0 Å². The van der Waals surface area contributed by atoms with Crippen LogP contribution >= 0.6 is 11.8 Å².